The lowest BCUT2D eigenvalue weighted by molar-refractivity contribution is 0.602. The summed E-state index contributed by atoms with van der Waals surface area (Å²) in [7, 11) is -2.67. The van der Waals surface area contributed by atoms with E-state index in [-0.39, 0.29) is 10.8 Å². The molecular weight excluding hydrogens is 318 g/mol. The van der Waals surface area contributed by atoms with E-state index in [1.165, 1.54) is 5.19 Å². The normalized spacial score (nSPS) is 14.7. The molecule has 0 saturated heterocycles. The van der Waals surface area contributed by atoms with Crippen LogP contribution in [0.25, 0.3) is 0 Å². The Kier molecular flexibility index (Phi) is 7.69. The van der Waals surface area contributed by atoms with Crippen LogP contribution in [0.5, 0.6) is 0 Å². The maximum atomic E-state index is 12.3. The van der Waals surface area contributed by atoms with Gasteiger partial charge in [-0.25, -0.2) is 8.93 Å². The van der Waals surface area contributed by atoms with Crippen molar-refractivity contribution >= 4 is 24.2 Å². The van der Waals surface area contributed by atoms with Crippen molar-refractivity contribution in [1.82, 2.24) is 4.72 Å². The Balaban J connectivity index is 2.86. The number of nitrogens with one attached hydrogen (secondary N) is 1. The summed E-state index contributed by atoms with van der Waals surface area (Å²) in [6, 6.07) is 10.7. The highest BCUT2D eigenvalue weighted by molar-refractivity contribution is 7.84. The first-order valence-electron chi connectivity index (χ1n) is 8.34. The van der Waals surface area contributed by atoms with Gasteiger partial charge in [0, 0.05) is 6.04 Å². The summed E-state index contributed by atoms with van der Waals surface area (Å²) in [6.07, 6.45) is 4.07. The summed E-state index contributed by atoms with van der Waals surface area (Å²) in [5.74, 6) is 0. The Morgan fingerprint density at radius 3 is 2.39 bits per heavy atom. The average Bonchev–Trinajstić information content (AvgIpc) is 2.47. The summed E-state index contributed by atoms with van der Waals surface area (Å²) >= 11 is 0. The van der Waals surface area contributed by atoms with Crippen LogP contribution >= 0.6 is 0 Å². The summed E-state index contributed by atoms with van der Waals surface area (Å²) in [6.45, 7) is 12.8. The third-order valence-corrected chi connectivity index (χ3v) is 8.01. The fourth-order valence-electron chi connectivity index (χ4n) is 2.13. The highest BCUT2D eigenvalue weighted by Crippen LogP contribution is 2.11. The molecule has 0 aliphatic heterocycles. The van der Waals surface area contributed by atoms with Gasteiger partial charge in [-0.2, -0.15) is 0 Å². The Morgan fingerprint density at radius 1 is 1.26 bits per heavy atom. The second-order valence-electron chi connectivity index (χ2n) is 7.46. The van der Waals surface area contributed by atoms with Crippen molar-refractivity contribution < 1.29 is 4.21 Å². The maximum Gasteiger partial charge on any atom is 0.112 e. The van der Waals surface area contributed by atoms with Gasteiger partial charge in [0.1, 0.15) is 8.07 Å². The molecule has 0 aliphatic carbocycles. The Bertz CT molecular complexity index is 569. The van der Waals surface area contributed by atoms with E-state index >= 15 is 0 Å². The molecule has 2 atom stereocenters. The molecule has 0 radical (unpaired) electrons. The Labute approximate surface area is 145 Å². The molecule has 1 aromatic carbocycles. The average molecular weight is 350 g/mol. The molecule has 128 valence electrons. The van der Waals surface area contributed by atoms with E-state index in [9.17, 15) is 4.21 Å². The first kappa shape index (κ1) is 20.1. The first-order valence-corrected chi connectivity index (χ1v) is 12.6. The van der Waals surface area contributed by atoms with Crippen molar-refractivity contribution in [2.45, 2.75) is 64.4 Å². The van der Waals surface area contributed by atoms with Gasteiger partial charge in [-0.05, 0) is 39.0 Å². The second-order valence-corrected chi connectivity index (χ2v) is 13.8. The predicted octanol–water partition coefficient (Wildman–Crippen LogP) is 4.07. The summed E-state index contributed by atoms with van der Waals surface area (Å²) < 4.78 is 15.3. The molecule has 1 N–H and O–H groups in total. The molecule has 23 heavy (non-hydrogen) atoms. The largest absolute Gasteiger partial charge is 0.242 e. The fraction of sp³-hybridized carbons (Fsp3) is 0.526. The van der Waals surface area contributed by atoms with Gasteiger partial charge in [0.2, 0.25) is 0 Å². The molecule has 1 rings (SSSR count). The molecule has 0 fully saturated rings. The van der Waals surface area contributed by atoms with Gasteiger partial charge in [0.15, 0.2) is 0 Å². The Hall–Kier alpha value is -0.933. The zero-order chi connectivity index (χ0) is 17.5. The summed E-state index contributed by atoms with van der Waals surface area (Å²) in [5, 5.41) is 1.40. The Morgan fingerprint density at radius 2 is 1.87 bits per heavy atom. The fourth-order valence-corrected chi connectivity index (χ4v) is 4.67. The van der Waals surface area contributed by atoms with E-state index in [2.05, 4.69) is 66.5 Å². The lowest BCUT2D eigenvalue weighted by Crippen LogP contribution is -2.39. The molecule has 0 aromatic heterocycles. The summed E-state index contributed by atoms with van der Waals surface area (Å²) in [5.41, 5.74) is 5.61. The van der Waals surface area contributed by atoms with Crippen molar-refractivity contribution in [3.8, 4) is 0 Å². The highest BCUT2D eigenvalue weighted by atomic mass is 32.2. The van der Waals surface area contributed by atoms with Gasteiger partial charge in [-0.1, -0.05) is 62.0 Å². The van der Waals surface area contributed by atoms with Crippen molar-refractivity contribution in [2.24, 2.45) is 0 Å². The highest BCUT2D eigenvalue weighted by Gasteiger charge is 2.22. The minimum absolute atomic E-state index is 0.108. The van der Waals surface area contributed by atoms with Crippen molar-refractivity contribution in [2.75, 3.05) is 0 Å². The lowest BCUT2D eigenvalue weighted by atomic mass is 10.2. The number of rotatable bonds is 7. The topological polar surface area (TPSA) is 29.1 Å². The van der Waals surface area contributed by atoms with Crippen LogP contribution in [0.2, 0.25) is 13.1 Å². The van der Waals surface area contributed by atoms with E-state index < -0.39 is 19.1 Å². The zero-order valence-corrected chi connectivity index (χ0v) is 17.2. The van der Waals surface area contributed by atoms with Crippen LogP contribution in [0.3, 0.4) is 0 Å². The standard InChI is InChI=1S/C19H31NOSSi/c1-7-12-17(20-22(21)19(2,3)4)13-11-16-23(5,6)18-14-9-8-10-15-18/h8-10,13-17,20H,7,12H2,1-6H3. The molecule has 0 saturated carbocycles. The number of hydrogen-bond acceptors (Lipinski definition) is 1. The van der Waals surface area contributed by atoms with Crippen LogP contribution in [0.15, 0.2) is 47.8 Å². The van der Waals surface area contributed by atoms with Gasteiger partial charge < -0.3 is 0 Å². The van der Waals surface area contributed by atoms with Crippen molar-refractivity contribution in [1.29, 1.82) is 0 Å². The third kappa shape index (κ3) is 7.00. The van der Waals surface area contributed by atoms with E-state index in [4.69, 9.17) is 0 Å². The molecule has 1 aromatic rings. The van der Waals surface area contributed by atoms with Gasteiger partial charge in [0.05, 0.1) is 15.7 Å². The molecular formula is C19H31NOSSi. The van der Waals surface area contributed by atoms with Gasteiger partial charge in [-0.3, -0.25) is 0 Å². The van der Waals surface area contributed by atoms with E-state index in [1.54, 1.807) is 0 Å². The van der Waals surface area contributed by atoms with Crippen LogP contribution < -0.4 is 9.91 Å². The SMILES string of the molecule is CCCC(C=C=C[Si](C)(C)c1ccccc1)NS(=O)C(C)(C)C. The molecule has 0 bridgehead atoms. The molecule has 0 amide bonds. The monoisotopic (exact) mass is 349 g/mol. The minimum atomic E-state index is -1.62. The molecule has 2 nitrogen and oxygen atoms in total. The minimum Gasteiger partial charge on any atom is -0.242 e. The van der Waals surface area contributed by atoms with Crippen LogP contribution in [-0.4, -0.2) is 23.1 Å². The first-order chi connectivity index (χ1) is 10.7. The predicted molar refractivity (Wildman–Crippen MR) is 106 cm³/mol. The zero-order valence-electron chi connectivity index (χ0n) is 15.3. The molecule has 2 unspecified atom stereocenters. The lowest BCUT2D eigenvalue weighted by Gasteiger charge is -2.22. The van der Waals surface area contributed by atoms with E-state index in [0.717, 1.165) is 12.8 Å². The number of hydrogen-bond donors (Lipinski definition) is 1. The van der Waals surface area contributed by atoms with E-state index in [0.29, 0.717) is 0 Å². The van der Waals surface area contributed by atoms with Crippen molar-refractivity contribution in [3.05, 3.63) is 47.8 Å². The van der Waals surface area contributed by atoms with Crippen LogP contribution in [0.4, 0.5) is 0 Å². The maximum absolute atomic E-state index is 12.3. The van der Waals surface area contributed by atoms with Gasteiger partial charge in [0.25, 0.3) is 0 Å². The van der Waals surface area contributed by atoms with Crippen LogP contribution in [0, 0.1) is 0 Å². The second kappa shape index (κ2) is 8.79. The van der Waals surface area contributed by atoms with E-state index in [1.807, 2.05) is 26.8 Å². The van der Waals surface area contributed by atoms with Crippen LogP contribution in [-0.2, 0) is 11.0 Å². The van der Waals surface area contributed by atoms with Gasteiger partial charge in [-0.15, -0.1) is 5.73 Å². The number of benzene rings is 1. The molecule has 4 heteroatoms. The molecule has 0 aliphatic rings. The molecule has 0 spiro atoms. The van der Waals surface area contributed by atoms with Crippen LogP contribution in [0.1, 0.15) is 40.5 Å². The third-order valence-electron chi connectivity index (χ3n) is 3.67. The summed E-state index contributed by atoms with van der Waals surface area (Å²) in [4.78, 5) is 0. The molecule has 0 heterocycles. The van der Waals surface area contributed by atoms with Gasteiger partial charge >= 0.3 is 0 Å². The smallest absolute Gasteiger partial charge is 0.112 e. The quantitative estimate of drug-likeness (QED) is 0.583. The van der Waals surface area contributed by atoms with Crippen molar-refractivity contribution in [3.63, 3.8) is 0 Å².